The van der Waals surface area contributed by atoms with E-state index in [1.165, 1.54) is 7.11 Å². The highest BCUT2D eigenvalue weighted by molar-refractivity contribution is 5.87. The summed E-state index contributed by atoms with van der Waals surface area (Å²) in [6, 6.07) is 0. The van der Waals surface area contributed by atoms with Gasteiger partial charge in [0.05, 0.1) is 0 Å². The van der Waals surface area contributed by atoms with E-state index in [1.807, 2.05) is 6.92 Å². The van der Waals surface area contributed by atoms with Gasteiger partial charge in [0.15, 0.2) is 6.79 Å². The summed E-state index contributed by atoms with van der Waals surface area (Å²) in [6.45, 7) is 5.42. The first-order chi connectivity index (χ1) is 5.72. The lowest BCUT2D eigenvalue weighted by Gasteiger charge is -2.03. The van der Waals surface area contributed by atoms with Crippen molar-refractivity contribution in [1.82, 2.24) is 0 Å². The molecular weight excluding hydrogens is 160 g/mol. The van der Waals surface area contributed by atoms with Gasteiger partial charge in [-0.1, -0.05) is 19.9 Å². The van der Waals surface area contributed by atoms with Crippen LogP contribution in [-0.2, 0) is 19.3 Å². The summed E-state index contributed by atoms with van der Waals surface area (Å²) in [5.41, 5.74) is 0.411. The van der Waals surface area contributed by atoms with Crippen LogP contribution in [0, 0.1) is 0 Å². The van der Waals surface area contributed by atoms with Crippen molar-refractivity contribution in [2.45, 2.75) is 19.8 Å². The number of ether oxygens (including phenoxy) is 1. The van der Waals surface area contributed by atoms with Gasteiger partial charge in [0, 0.05) is 12.7 Å². The van der Waals surface area contributed by atoms with Crippen molar-refractivity contribution in [3.63, 3.8) is 0 Å². The summed E-state index contributed by atoms with van der Waals surface area (Å²) in [6.07, 6.45) is 1.48. The Labute approximate surface area is 72.0 Å². The van der Waals surface area contributed by atoms with Crippen LogP contribution < -0.4 is 0 Å². The number of hydrogen-bond acceptors (Lipinski definition) is 4. The Kier molecular flexibility index (Phi) is 6.32. The molecule has 0 fully saturated rings. The van der Waals surface area contributed by atoms with E-state index < -0.39 is 5.97 Å². The minimum Gasteiger partial charge on any atom is -0.355 e. The van der Waals surface area contributed by atoms with Crippen molar-refractivity contribution in [2.24, 2.45) is 0 Å². The molecule has 0 amide bonds. The maximum Gasteiger partial charge on any atom is 0.368 e. The highest BCUT2D eigenvalue weighted by Gasteiger charge is 2.07. The van der Waals surface area contributed by atoms with Crippen molar-refractivity contribution in [3.8, 4) is 0 Å². The summed E-state index contributed by atoms with van der Waals surface area (Å²) < 4.78 is 4.50. The van der Waals surface area contributed by atoms with E-state index in [-0.39, 0.29) is 6.79 Å². The van der Waals surface area contributed by atoms with Crippen molar-refractivity contribution < 1.29 is 19.3 Å². The Bertz CT molecular complexity index is 153. The topological polar surface area (TPSA) is 44.8 Å². The summed E-state index contributed by atoms with van der Waals surface area (Å²) in [7, 11) is 1.44. The molecular formula is C8H14O4. The molecule has 0 saturated heterocycles. The minimum absolute atomic E-state index is 0.0643. The third kappa shape index (κ3) is 4.87. The average Bonchev–Trinajstić information content (AvgIpc) is 2.05. The predicted molar refractivity (Wildman–Crippen MR) is 43.1 cm³/mol. The Morgan fingerprint density at radius 3 is 2.67 bits per heavy atom. The third-order valence-corrected chi connectivity index (χ3v) is 1.14. The van der Waals surface area contributed by atoms with Gasteiger partial charge in [-0.25, -0.2) is 4.79 Å². The second-order valence-corrected chi connectivity index (χ2v) is 2.25. The molecule has 0 radical (unpaired) electrons. The molecule has 0 atom stereocenters. The summed E-state index contributed by atoms with van der Waals surface area (Å²) in [5.74, 6) is -0.533. The Balaban J connectivity index is 3.50. The van der Waals surface area contributed by atoms with Crippen LogP contribution in [0.15, 0.2) is 12.2 Å². The van der Waals surface area contributed by atoms with Crippen LogP contribution in [0.1, 0.15) is 19.8 Å². The fourth-order valence-electron chi connectivity index (χ4n) is 0.588. The summed E-state index contributed by atoms with van der Waals surface area (Å²) >= 11 is 0. The van der Waals surface area contributed by atoms with E-state index in [1.54, 1.807) is 0 Å². The van der Waals surface area contributed by atoms with Crippen LogP contribution in [0.5, 0.6) is 0 Å². The first-order valence-electron chi connectivity index (χ1n) is 3.72. The average molecular weight is 174 g/mol. The normalized spacial score (nSPS) is 9.50. The molecule has 0 aliphatic rings. The molecule has 0 heterocycles. The number of hydrogen-bond donors (Lipinski definition) is 0. The summed E-state index contributed by atoms with van der Waals surface area (Å²) in [5, 5.41) is 0. The van der Waals surface area contributed by atoms with Gasteiger partial charge in [-0.2, -0.15) is 4.89 Å². The van der Waals surface area contributed by atoms with Gasteiger partial charge in [-0.15, -0.1) is 0 Å². The van der Waals surface area contributed by atoms with Crippen molar-refractivity contribution >= 4 is 5.97 Å². The van der Waals surface area contributed by atoms with Crippen LogP contribution in [0.25, 0.3) is 0 Å². The first-order valence-corrected chi connectivity index (χ1v) is 3.72. The molecule has 4 nitrogen and oxygen atoms in total. The van der Waals surface area contributed by atoms with E-state index in [4.69, 9.17) is 0 Å². The molecule has 0 aliphatic heterocycles. The van der Waals surface area contributed by atoms with Gasteiger partial charge in [0.1, 0.15) is 0 Å². The quantitative estimate of drug-likeness (QED) is 0.201. The molecule has 0 aromatic heterocycles. The molecule has 0 N–H and O–H groups in total. The molecule has 4 heteroatoms. The number of carbonyl (C=O) groups is 1. The molecule has 0 rings (SSSR count). The molecule has 0 aromatic carbocycles. The maximum absolute atomic E-state index is 10.9. The van der Waals surface area contributed by atoms with Gasteiger partial charge in [0.2, 0.25) is 0 Å². The van der Waals surface area contributed by atoms with Gasteiger partial charge in [-0.05, 0) is 6.42 Å². The van der Waals surface area contributed by atoms with E-state index in [2.05, 4.69) is 21.1 Å². The molecule has 0 aromatic rings. The molecule has 0 unspecified atom stereocenters. The lowest BCUT2D eigenvalue weighted by molar-refractivity contribution is -0.303. The largest absolute Gasteiger partial charge is 0.368 e. The van der Waals surface area contributed by atoms with E-state index in [0.29, 0.717) is 12.0 Å². The Morgan fingerprint density at radius 1 is 1.50 bits per heavy atom. The number of methoxy groups -OCH3 is 1. The van der Waals surface area contributed by atoms with E-state index >= 15 is 0 Å². The first kappa shape index (κ1) is 11.1. The van der Waals surface area contributed by atoms with Crippen LogP contribution in [0.2, 0.25) is 0 Å². The fraction of sp³-hybridized carbons (Fsp3) is 0.625. The number of rotatable bonds is 6. The van der Waals surface area contributed by atoms with Gasteiger partial charge in [-0.3, -0.25) is 4.89 Å². The van der Waals surface area contributed by atoms with Crippen LogP contribution in [-0.4, -0.2) is 19.9 Å². The van der Waals surface area contributed by atoms with E-state index in [0.717, 1.165) is 6.42 Å². The zero-order valence-corrected chi connectivity index (χ0v) is 7.46. The van der Waals surface area contributed by atoms with Crippen LogP contribution in [0.3, 0.4) is 0 Å². The molecule has 0 saturated carbocycles. The van der Waals surface area contributed by atoms with Crippen molar-refractivity contribution in [3.05, 3.63) is 12.2 Å². The molecule has 0 spiro atoms. The van der Waals surface area contributed by atoms with Crippen LogP contribution >= 0.6 is 0 Å². The molecule has 0 bridgehead atoms. The summed E-state index contributed by atoms with van der Waals surface area (Å²) in [4.78, 5) is 19.6. The molecule has 70 valence electrons. The number of carbonyl (C=O) groups excluding carboxylic acids is 1. The second-order valence-electron chi connectivity index (χ2n) is 2.25. The van der Waals surface area contributed by atoms with Crippen molar-refractivity contribution in [1.29, 1.82) is 0 Å². The Morgan fingerprint density at radius 2 is 2.17 bits per heavy atom. The van der Waals surface area contributed by atoms with Gasteiger partial charge >= 0.3 is 5.97 Å². The lowest BCUT2D eigenvalue weighted by atomic mass is 10.2. The lowest BCUT2D eigenvalue weighted by Crippen LogP contribution is -2.09. The van der Waals surface area contributed by atoms with Crippen molar-refractivity contribution in [2.75, 3.05) is 13.9 Å². The van der Waals surface area contributed by atoms with E-state index in [9.17, 15) is 4.79 Å². The standard InChI is InChI=1S/C8H14O4/c1-4-5-7(2)8(9)12-11-6-10-3/h2,4-6H2,1,3H3. The third-order valence-electron chi connectivity index (χ3n) is 1.14. The predicted octanol–water partition coefficient (Wildman–Crippen LogP) is 1.42. The zero-order chi connectivity index (χ0) is 9.40. The highest BCUT2D eigenvalue weighted by Crippen LogP contribution is 2.03. The Hall–Kier alpha value is -0.870. The highest BCUT2D eigenvalue weighted by atomic mass is 17.2. The van der Waals surface area contributed by atoms with Gasteiger partial charge in [0.25, 0.3) is 0 Å². The van der Waals surface area contributed by atoms with Gasteiger partial charge < -0.3 is 4.74 Å². The molecule has 0 aliphatic carbocycles. The monoisotopic (exact) mass is 174 g/mol. The second kappa shape index (κ2) is 6.82. The maximum atomic E-state index is 10.9. The minimum atomic E-state index is -0.533. The zero-order valence-electron chi connectivity index (χ0n) is 7.46. The van der Waals surface area contributed by atoms with Crippen LogP contribution in [0.4, 0.5) is 0 Å². The smallest absolute Gasteiger partial charge is 0.355 e. The molecule has 12 heavy (non-hydrogen) atoms. The SMILES string of the molecule is C=C(CCC)C(=O)OOCOC. The fourth-order valence-corrected chi connectivity index (χ4v) is 0.588.